The minimum atomic E-state index is -4.44. The summed E-state index contributed by atoms with van der Waals surface area (Å²) in [4.78, 5) is 23.3. The van der Waals surface area contributed by atoms with Crippen LogP contribution in [-0.2, 0) is 14.8 Å². The molecule has 148 valence electrons. The molecule has 0 saturated carbocycles. The van der Waals surface area contributed by atoms with E-state index in [0.29, 0.717) is 0 Å². The molecule has 0 N–H and O–H groups in total. The fourth-order valence-electron chi connectivity index (χ4n) is 2.07. The second-order valence-electron chi connectivity index (χ2n) is 5.65. The SMILES string of the molecule is COC(=O)c1cc([N+](=O)[O-])c(Oc2ccccc2)c(S(=O)(=O)N=CN(C)C)c1. The monoisotopic (exact) mass is 407 g/mol. The molecule has 0 aliphatic carbocycles. The maximum absolute atomic E-state index is 12.7. The summed E-state index contributed by atoms with van der Waals surface area (Å²) in [7, 11) is -0.267. The number of rotatable bonds is 7. The predicted octanol–water partition coefficient (Wildman–Crippen LogP) is 2.45. The number of hydrogen-bond donors (Lipinski definition) is 0. The van der Waals surface area contributed by atoms with E-state index in [9.17, 15) is 23.3 Å². The molecule has 0 saturated heterocycles. The number of nitro groups is 1. The molecule has 0 heterocycles. The zero-order valence-electron chi connectivity index (χ0n) is 15.2. The molecule has 2 aromatic rings. The highest BCUT2D eigenvalue weighted by molar-refractivity contribution is 7.90. The highest BCUT2D eigenvalue weighted by atomic mass is 32.2. The molecular weight excluding hydrogens is 390 g/mol. The molecule has 0 aromatic heterocycles. The molecule has 0 bridgehead atoms. The summed E-state index contributed by atoms with van der Waals surface area (Å²) in [6.07, 6.45) is 1.01. The fourth-order valence-corrected chi connectivity index (χ4v) is 3.16. The lowest BCUT2D eigenvalue weighted by atomic mass is 10.2. The molecule has 0 fully saturated rings. The van der Waals surface area contributed by atoms with Crippen molar-refractivity contribution >= 4 is 28.0 Å². The summed E-state index contributed by atoms with van der Waals surface area (Å²) in [6, 6.07) is 9.73. The first kappa shape index (κ1) is 20.8. The predicted molar refractivity (Wildman–Crippen MR) is 100 cm³/mol. The van der Waals surface area contributed by atoms with Gasteiger partial charge in [-0.1, -0.05) is 18.2 Å². The van der Waals surface area contributed by atoms with Gasteiger partial charge in [0.2, 0.25) is 5.75 Å². The van der Waals surface area contributed by atoms with Gasteiger partial charge in [0, 0.05) is 20.2 Å². The first-order valence-corrected chi connectivity index (χ1v) is 9.20. The van der Waals surface area contributed by atoms with Crippen LogP contribution < -0.4 is 4.74 Å². The van der Waals surface area contributed by atoms with Crippen LogP contribution in [0.3, 0.4) is 0 Å². The zero-order chi connectivity index (χ0) is 20.9. The third kappa shape index (κ3) is 4.82. The Balaban J connectivity index is 2.78. The van der Waals surface area contributed by atoms with E-state index in [1.54, 1.807) is 32.3 Å². The van der Waals surface area contributed by atoms with Gasteiger partial charge in [-0.05, 0) is 18.2 Å². The largest absolute Gasteiger partial charge is 0.465 e. The van der Waals surface area contributed by atoms with Crippen molar-refractivity contribution in [2.24, 2.45) is 4.40 Å². The van der Waals surface area contributed by atoms with Crippen LogP contribution in [0.4, 0.5) is 5.69 Å². The number of para-hydroxylation sites is 1. The van der Waals surface area contributed by atoms with Crippen molar-refractivity contribution in [2.75, 3.05) is 21.2 Å². The lowest BCUT2D eigenvalue weighted by Gasteiger charge is -2.12. The maximum Gasteiger partial charge on any atom is 0.338 e. The number of ether oxygens (including phenoxy) is 2. The first-order chi connectivity index (χ1) is 13.2. The number of nitro benzene ring substituents is 1. The molecule has 2 rings (SSSR count). The first-order valence-electron chi connectivity index (χ1n) is 7.76. The Morgan fingerprint density at radius 1 is 1.21 bits per heavy atom. The van der Waals surface area contributed by atoms with E-state index in [4.69, 9.17) is 4.74 Å². The number of benzene rings is 2. The van der Waals surface area contributed by atoms with Crippen LogP contribution >= 0.6 is 0 Å². The molecule has 0 amide bonds. The van der Waals surface area contributed by atoms with Crippen LogP contribution in [0.5, 0.6) is 11.5 Å². The summed E-state index contributed by atoms with van der Waals surface area (Å²) >= 11 is 0. The molecule has 28 heavy (non-hydrogen) atoms. The standard InChI is InChI=1S/C17H17N3O7S/c1-19(2)11-18-28(24,25)15-10-12(17(21)26-3)9-14(20(22)23)16(15)27-13-7-5-4-6-8-13/h4-11H,1-3H3. The third-order valence-electron chi connectivity index (χ3n) is 3.31. The van der Waals surface area contributed by atoms with Gasteiger partial charge in [0.05, 0.1) is 17.6 Å². The van der Waals surface area contributed by atoms with Crippen molar-refractivity contribution in [3.8, 4) is 11.5 Å². The van der Waals surface area contributed by atoms with Crippen LogP contribution in [-0.4, -0.2) is 51.8 Å². The molecule has 0 unspecified atom stereocenters. The Morgan fingerprint density at radius 2 is 1.86 bits per heavy atom. The molecular formula is C17H17N3O7S. The van der Waals surface area contributed by atoms with E-state index < -0.39 is 37.2 Å². The van der Waals surface area contributed by atoms with Gasteiger partial charge < -0.3 is 14.4 Å². The van der Waals surface area contributed by atoms with E-state index in [-0.39, 0.29) is 11.3 Å². The van der Waals surface area contributed by atoms with Gasteiger partial charge in [-0.3, -0.25) is 10.1 Å². The van der Waals surface area contributed by atoms with Crippen LogP contribution in [0.2, 0.25) is 0 Å². The summed E-state index contributed by atoms with van der Waals surface area (Å²) in [6.45, 7) is 0. The van der Waals surface area contributed by atoms with Gasteiger partial charge in [-0.25, -0.2) is 4.79 Å². The number of nitrogens with zero attached hydrogens (tertiary/aromatic N) is 3. The van der Waals surface area contributed by atoms with Crippen molar-refractivity contribution in [3.05, 3.63) is 58.1 Å². The Bertz CT molecular complexity index is 1020. The van der Waals surface area contributed by atoms with E-state index in [1.165, 1.54) is 17.0 Å². The molecule has 0 atom stereocenters. The Morgan fingerprint density at radius 3 is 2.39 bits per heavy atom. The lowest BCUT2D eigenvalue weighted by Crippen LogP contribution is -2.12. The minimum Gasteiger partial charge on any atom is -0.465 e. The summed E-state index contributed by atoms with van der Waals surface area (Å²) in [5.41, 5.74) is -1.04. The normalized spacial score (nSPS) is 11.2. The minimum absolute atomic E-state index is 0.171. The van der Waals surface area contributed by atoms with E-state index in [0.717, 1.165) is 25.6 Å². The van der Waals surface area contributed by atoms with E-state index >= 15 is 0 Å². The highest BCUT2D eigenvalue weighted by Crippen LogP contribution is 2.39. The van der Waals surface area contributed by atoms with Gasteiger partial charge in [0.25, 0.3) is 10.0 Å². The van der Waals surface area contributed by atoms with Crippen molar-refractivity contribution < 1.29 is 27.6 Å². The fraction of sp³-hybridized carbons (Fsp3) is 0.176. The lowest BCUT2D eigenvalue weighted by molar-refractivity contribution is -0.385. The van der Waals surface area contributed by atoms with E-state index in [1.807, 2.05) is 0 Å². The van der Waals surface area contributed by atoms with E-state index in [2.05, 4.69) is 9.13 Å². The molecule has 2 aromatic carbocycles. The van der Waals surface area contributed by atoms with Crippen LogP contribution in [0.1, 0.15) is 10.4 Å². The van der Waals surface area contributed by atoms with Crippen LogP contribution in [0.15, 0.2) is 51.8 Å². The number of methoxy groups -OCH3 is 1. The van der Waals surface area contributed by atoms with Gasteiger partial charge in [-0.2, -0.15) is 8.42 Å². The van der Waals surface area contributed by atoms with Crippen molar-refractivity contribution in [3.63, 3.8) is 0 Å². The summed E-state index contributed by atoms with van der Waals surface area (Å²) in [5.74, 6) is -1.33. The van der Waals surface area contributed by atoms with Gasteiger partial charge in [-0.15, -0.1) is 4.40 Å². The molecule has 11 heteroatoms. The van der Waals surface area contributed by atoms with Crippen LogP contribution in [0, 0.1) is 10.1 Å². The average Bonchev–Trinajstić information content (AvgIpc) is 2.66. The Labute approximate surface area is 161 Å². The van der Waals surface area contributed by atoms with Crippen molar-refractivity contribution in [1.82, 2.24) is 4.90 Å². The second kappa shape index (κ2) is 8.48. The molecule has 0 aliphatic heterocycles. The summed E-state index contributed by atoms with van der Waals surface area (Å²) in [5, 5.41) is 11.6. The Kier molecular flexibility index (Phi) is 6.31. The highest BCUT2D eigenvalue weighted by Gasteiger charge is 2.31. The van der Waals surface area contributed by atoms with Crippen LogP contribution in [0.25, 0.3) is 0 Å². The number of esters is 1. The molecule has 10 nitrogen and oxygen atoms in total. The van der Waals surface area contributed by atoms with Gasteiger partial charge in [0.1, 0.15) is 17.0 Å². The van der Waals surface area contributed by atoms with Crippen molar-refractivity contribution in [1.29, 1.82) is 0 Å². The zero-order valence-corrected chi connectivity index (χ0v) is 16.0. The Hall–Kier alpha value is -3.47. The molecule has 0 aliphatic rings. The average molecular weight is 407 g/mol. The number of hydrogen-bond acceptors (Lipinski definition) is 7. The number of sulfonamides is 1. The molecule has 0 radical (unpaired) electrons. The number of carbonyl (C=O) groups is 1. The second-order valence-corrected chi connectivity index (χ2v) is 7.25. The molecule has 0 spiro atoms. The maximum atomic E-state index is 12.7. The van der Waals surface area contributed by atoms with Gasteiger partial charge >= 0.3 is 11.7 Å². The van der Waals surface area contributed by atoms with Gasteiger partial charge in [0.15, 0.2) is 0 Å². The third-order valence-corrected chi connectivity index (χ3v) is 4.54. The topological polar surface area (TPSA) is 128 Å². The smallest absolute Gasteiger partial charge is 0.338 e. The summed E-state index contributed by atoms with van der Waals surface area (Å²) < 4.78 is 38.9. The van der Waals surface area contributed by atoms with Crippen molar-refractivity contribution in [2.45, 2.75) is 4.90 Å². The quantitative estimate of drug-likeness (QED) is 0.225. The number of carbonyl (C=O) groups excluding carboxylic acids is 1.